The van der Waals surface area contributed by atoms with Gasteiger partial charge in [-0.3, -0.25) is 9.36 Å². The third-order valence-electron chi connectivity index (χ3n) is 3.20. The summed E-state index contributed by atoms with van der Waals surface area (Å²) in [5.74, 6) is 0. The van der Waals surface area contributed by atoms with Gasteiger partial charge in [-0.15, -0.1) is 0 Å². The van der Waals surface area contributed by atoms with Gasteiger partial charge in [-0.05, 0) is 26.3 Å². The smallest absolute Gasteiger partial charge is 0.139 e. The maximum absolute atomic E-state index is 10.6. The fourth-order valence-electron chi connectivity index (χ4n) is 2.17. The first-order valence-electron chi connectivity index (χ1n) is 6.58. The van der Waals surface area contributed by atoms with Crippen LogP contribution in [0.5, 0.6) is 0 Å². The number of halogens is 1. The number of aryl methyl sites for hydroxylation is 3. The number of aromatic nitrogens is 4. The van der Waals surface area contributed by atoms with Crippen molar-refractivity contribution in [2.45, 2.75) is 46.4 Å². The number of rotatable bonds is 5. The number of hydrogen-bond donors (Lipinski definition) is 1. The van der Waals surface area contributed by atoms with E-state index >= 15 is 0 Å². The van der Waals surface area contributed by atoms with Gasteiger partial charge in [-0.2, -0.15) is 10.2 Å². The molecular weight excluding hydrogens is 264 g/mol. The van der Waals surface area contributed by atoms with Crippen molar-refractivity contribution in [1.82, 2.24) is 19.6 Å². The molecule has 0 fully saturated rings. The van der Waals surface area contributed by atoms with Crippen molar-refractivity contribution in [3.63, 3.8) is 0 Å². The summed E-state index contributed by atoms with van der Waals surface area (Å²) in [5, 5.41) is 19.7. The molecule has 1 N–H and O–H groups in total. The van der Waals surface area contributed by atoms with Crippen LogP contribution in [0.3, 0.4) is 0 Å². The first-order chi connectivity index (χ1) is 9.12. The summed E-state index contributed by atoms with van der Waals surface area (Å²) < 4.78 is 3.53. The molecule has 0 amide bonds. The molecule has 0 aliphatic carbocycles. The molecule has 0 radical (unpaired) electrons. The van der Waals surface area contributed by atoms with Crippen LogP contribution in [0.1, 0.15) is 44.0 Å². The van der Waals surface area contributed by atoms with Crippen molar-refractivity contribution in [2.75, 3.05) is 0 Å². The van der Waals surface area contributed by atoms with Gasteiger partial charge < -0.3 is 5.11 Å². The van der Waals surface area contributed by atoms with E-state index in [-0.39, 0.29) is 0 Å². The molecule has 1 unspecified atom stereocenters. The van der Waals surface area contributed by atoms with Gasteiger partial charge >= 0.3 is 0 Å². The van der Waals surface area contributed by atoms with Crippen LogP contribution in [0.25, 0.3) is 0 Å². The van der Waals surface area contributed by atoms with Crippen LogP contribution >= 0.6 is 11.6 Å². The van der Waals surface area contributed by atoms with Crippen LogP contribution in [-0.2, 0) is 19.5 Å². The SMILES string of the molecule is CCc1cc(C(O)c2c(Cl)cnn2CC)n(CC)n1. The summed E-state index contributed by atoms with van der Waals surface area (Å²) in [4.78, 5) is 0. The molecule has 6 heteroatoms. The first kappa shape index (κ1) is 14.1. The van der Waals surface area contributed by atoms with E-state index in [4.69, 9.17) is 11.6 Å². The van der Waals surface area contributed by atoms with E-state index in [0.717, 1.165) is 17.8 Å². The van der Waals surface area contributed by atoms with Crippen molar-refractivity contribution >= 4 is 11.6 Å². The molecule has 5 nitrogen and oxygen atoms in total. The lowest BCUT2D eigenvalue weighted by Gasteiger charge is -2.14. The standard InChI is InChI=1S/C13H19ClN4O/c1-4-9-7-11(17(5-2)16-9)13(19)12-10(14)8-15-18(12)6-3/h7-8,13,19H,4-6H2,1-3H3. The second-order valence-electron chi connectivity index (χ2n) is 4.33. The van der Waals surface area contributed by atoms with Gasteiger partial charge in [-0.1, -0.05) is 18.5 Å². The van der Waals surface area contributed by atoms with Gasteiger partial charge in [0.2, 0.25) is 0 Å². The normalized spacial score (nSPS) is 12.9. The number of nitrogens with zero attached hydrogens (tertiary/aromatic N) is 4. The minimum absolute atomic E-state index is 0.483. The van der Waals surface area contributed by atoms with Crippen molar-refractivity contribution in [2.24, 2.45) is 0 Å². The molecule has 0 spiro atoms. The van der Waals surface area contributed by atoms with Gasteiger partial charge in [-0.25, -0.2) is 0 Å². The summed E-state index contributed by atoms with van der Waals surface area (Å²) in [5.41, 5.74) is 2.35. The third-order valence-corrected chi connectivity index (χ3v) is 3.49. The van der Waals surface area contributed by atoms with E-state index in [9.17, 15) is 5.11 Å². The molecule has 0 bridgehead atoms. The Morgan fingerprint density at radius 1 is 1.26 bits per heavy atom. The second kappa shape index (κ2) is 5.75. The summed E-state index contributed by atoms with van der Waals surface area (Å²) in [6.07, 6.45) is 1.60. The Balaban J connectivity index is 2.45. The monoisotopic (exact) mass is 282 g/mol. The molecule has 2 aromatic heterocycles. The Bertz CT molecular complexity index is 561. The fourth-order valence-corrected chi connectivity index (χ4v) is 2.41. The third kappa shape index (κ3) is 2.53. The molecule has 2 rings (SSSR count). The fraction of sp³-hybridized carbons (Fsp3) is 0.538. The lowest BCUT2D eigenvalue weighted by molar-refractivity contribution is 0.196. The van der Waals surface area contributed by atoms with E-state index in [1.165, 1.54) is 0 Å². The van der Waals surface area contributed by atoms with Crippen molar-refractivity contribution in [3.05, 3.63) is 34.4 Å². The number of aliphatic hydroxyl groups is 1. The van der Waals surface area contributed by atoms with E-state index in [0.29, 0.717) is 23.8 Å². The lowest BCUT2D eigenvalue weighted by Crippen LogP contribution is -2.14. The zero-order chi connectivity index (χ0) is 14.0. The van der Waals surface area contributed by atoms with E-state index < -0.39 is 6.10 Å². The highest BCUT2D eigenvalue weighted by molar-refractivity contribution is 6.31. The maximum Gasteiger partial charge on any atom is 0.139 e. The zero-order valence-electron chi connectivity index (χ0n) is 11.5. The quantitative estimate of drug-likeness (QED) is 0.916. The van der Waals surface area contributed by atoms with Crippen LogP contribution in [-0.4, -0.2) is 24.7 Å². The summed E-state index contributed by atoms with van der Waals surface area (Å²) in [6.45, 7) is 7.39. The van der Waals surface area contributed by atoms with Gasteiger partial charge in [0, 0.05) is 13.1 Å². The Morgan fingerprint density at radius 3 is 2.53 bits per heavy atom. The highest BCUT2D eigenvalue weighted by atomic mass is 35.5. The van der Waals surface area contributed by atoms with Crippen molar-refractivity contribution in [1.29, 1.82) is 0 Å². The summed E-state index contributed by atoms with van der Waals surface area (Å²) >= 11 is 6.13. The Kier molecular flexibility index (Phi) is 4.27. The van der Waals surface area contributed by atoms with E-state index in [2.05, 4.69) is 10.2 Å². The molecule has 0 saturated carbocycles. The molecule has 104 valence electrons. The molecule has 2 aromatic rings. The minimum Gasteiger partial charge on any atom is -0.380 e. The van der Waals surface area contributed by atoms with E-state index in [1.807, 2.05) is 31.5 Å². The van der Waals surface area contributed by atoms with Crippen molar-refractivity contribution < 1.29 is 5.11 Å². The summed E-state index contributed by atoms with van der Waals surface area (Å²) in [7, 11) is 0. The highest BCUT2D eigenvalue weighted by Gasteiger charge is 2.23. The number of aliphatic hydroxyl groups excluding tert-OH is 1. The molecular formula is C13H19ClN4O. The number of hydrogen-bond acceptors (Lipinski definition) is 3. The van der Waals surface area contributed by atoms with E-state index in [1.54, 1.807) is 10.9 Å². The van der Waals surface area contributed by atoms with Crippen LogP contribution in [0.4, 0.5) is 0 Å². The minimum atomic E-state index is -0.803. The average molecular weight is 283 g/mol. The molecule has 0 aliphatic heterocycles. The molecule has 19 heavy (non-hydrogen) atoms. The van der Waals surface area contributed by atoms with Gasteiger partial charge in [0.1, 0.15) is 6.10 Å². The second-order valence-corrected chi connectivity index (χ2v) is 4.73. The predicted octanol–water partition coefficient (Wildman–Crippen LogP) is 2.42. The van der Waals surface area contributed by atoms with Crippen molar-refractivity contribution in [3.8, 4) is 0 Å². The Morgan fingerprint density at radius 2 is 1.95 bits per heavy atom. The van der Waals surface area contributed by atoms with Crippen LogP contribution < -0.4 is 0 Å². The van der Waals surface area contributed by atoms with Gasteiger partial charge in [0.15, 0.2) is 0 Å². The molecule has 0 saturated heterocycles. The zero-order valence-corrected chi connectivity index (χ0v) is 12.2. The van der Waals surface area contributed by atoms with Crippen LogP contribution in [0, 0.1) is 0 Å². The topological polar surface area (TPSA) is 55.9 Å². The predicted molar refractivity (Wildman–Crippen MR) is 74.3 cm³/mol. The largest absolute Gasteiger partial charge is 0.380 e. The molecule has 0 aromatic carbocycles. The Hall–Kier alpha value is -1.33. The Labute approximate surface area is 117 Å². The van der Waals surface area contributed by atoms with Gasteiger partial charge in [0.05, 0.1) is 28.3 Å². The maximum atomic E-state index is 10.6. The van der Waals surface area contributed by atoms with Crippen LogP contribution in [0.2, 0.25) is 5.02 Å². The highest BCUT2D eigenvalue weighted by Crippen LogP contribution is 2.28. The average Bonchev–Trinajstić information content (AvgIpc) is 3.00. The van der Waals surface area contributed by atoms with Crippen LogP contribution in [0.15, 0.2) is 12.3 Å². The first-order valence-corrected chi connectivity index (χ1v) is 6.95. The molecule has 1 atom stereocenters. The lowest BCUT2D eigenvalue weighted by atomic mass is 10.1. The molecule has 0 aliphatic rings. The van der Waals surface area contributed by atoms with Gasteiger partial charge in [0.25, 0.3) is 0 Å². The summed E-state index contributed by atoms with van der Waals surface area (Å²) in [6, 6.07) is 1.93. The molecule has 2 heterocycles.